The summed E-state index contributed by atoms with van der Waals surface area (Å²) in [6.45, 7) is 2.59. The number of hydrogen-bond donors (Lipinski definition) is 1. The van der Waals surface area contributed by atoms with Gasteiger partial charge in [0.15, 0.2) is 0 Å². The summed E-state index contributed by atoms with van der Waals surface area (Å²) in [6.07, 6.45) is 2.48. The van der Waals surface area contributed by atoms with Crippen molar-refractivity contribution in [2.45, 2.75) is 23.8 Å². The molecule has 1 heterocycles. The number of aromatic hydroxyl groups is 1. The third-order valence-corrected chi connectivity index (χ3v) is 5.77. The third-order valence-electron chi connectivity index (χ3n) is 3.82. The van der Waals surface area contributed by atoms with Crippen LogP contribution in [0.4, 0.5) is 0 Å². The van der Waals surface area contributed by atoms with Crippen LogP contribution in [-0.2, 0) is 10.0 Å². The molecule has 2 aliphatic rings. The lowest BCUT2D eigenvalue weighted by Gasteiger charge is -2.34. The minimum Gasteiger partial charge on any atom is -0.507 e. The van der Waals surface area contributed by atoms with Crippen LogP contribution in [0.15, 0.2) is 29.2 Å². The SMILES string of the molecule is O=S(=O)(c1ccccc1O)N1CCN(C2CC2)CC1. The van der Waals surface area contributed by atoms with Crippen molar-refractivity contribution in [1.29, 1.82) is 0 Å². The molecule has 1 aliphatic heterocycles. The molecular weight excluding hydrogens is 264 g/mol. The lowest BCUT2D eigenvalue weighted by Crippen LogP contribution is -2.49. The fourth-order valence-electron chi connectivity index (χ4n) is 2.56. The third kappa shape index (κ3) is 2.48. The van der Waals surface area contributed by atoms with Gasteiger partial charge in [0.2, 0.25) is 10.0 Å². The summed E-state index contributed by atoms with van der Waals surface area (Å²) in [6, 6.07) is 6.80. The Hall–Kier alpha value is -1.11. The fourth-order valence-corrected chi connectivity index (χ4v) is 4.07. The van der Waals surface area contributed by atoms with Gasteiger partial charge in [-0.25, -0.2) is 8.42 Å². The zero-order valence-electron chi connectivity index (χ0n) is 10.7. The highest BCUT2D eigenvalue weighted by atomic mass is 32.2. The molecule has 19 heavy (non-hydrogen) atoms. The highest BCUT2D eigenvalue weighted by Crippen LogP contribution is 2.30. The van der Waals surface area contributed by atoms with Crippen LogP contribution in [0.25, 0.3) is 0 Å². The van der Waals surface area contributed by atoms with Crippen molar-refractivity contribution in [2.75, 3.05) is 26.2 Å². The second kappa shape index (κ2) is 4.77. The molecule has 0 unspecified atom stereocenters. The number of hydrogen-bond acceptors (Lipinski definition) is 4. The first-order valence-corrected chi connectivity index (χ1v) is 8.05. The molecule has 1 saturated heterocycles. The average molecular weight is 282 g/mol. The van der Waals surface area contributed by atoms with Crippen molar-refractivity contribution in [3.05, 3.63) is 24.3 Å². The van der Waals surface area contributed by atoms with Crippen LogP contribution in [0.2, 0.25) is 0 Å². The van der Waals surface area contributed by atoms with Crippen molar-refractivity contribution in [1.82, 2.24) is 9.21 Å². The number of para-hydroxylation sites is 1. The summed E-state index contributed by atoms with van der Waals surface area (Å²) in [4.78, 5) is 2.37. The van der Waals surface area contributed by atoms with Gasteiger partial charge < -0.3 is 5.11 Å². The van der Waals surface area contributed by atoms with Crippen LogP contribution in [0, 0.1) is 0 Å². The van der Waals surface area contributed by atoms with Gasteiger partial charge in [0.25, 0.3) is 0 Å². The van der Waals surface area contributed by atoms with E-state index in [0.717, 1.165) is 13.1 Å². The minimum absolute atomic E-state index is 0.00914. The molecule has 0 radical (unpaired) electrons. The molecule has 0 aromatic heterocycles. The van der Waals surface area contributed by atoms with E-state index >= 15 is 0 Å². The van der Waals surface area contributed by atoms with E-state index in [-0.39, 0.29) is 10.6 Å². The molecule has 1 aromatic rings. The Morgan fingerprint density at radius 1 is 1.05 bits per heavy atom. The Bertz CT molecular complexity index is 561. The van der Waals surface area contributed by atoms with Crippen LogP contribution < -0.4 is 0 Å². The van der Waals surface area contributed by atoms with E-state index in [4.69, 9.17) is 0 Å². The lowest BCUT2D eigenvalue weighted by molar-refractivity contribution is 0.180. The number of nitrogens with zero attached hydrogens (tertiary/aromatic N) is 2. The van der Waals surface area contributed by atoms with Gasteiger partial charge in [-0.05, 0) is 25.0 Å². The lowest BCUT2D eigenvalue weighted by atomic mass is 10.3. The summed E-state index contributed by atoms with van der Waals surface area (Å²) in [5.74, 6) is -0.174. The number of piperazine rings is 1. The topological polar surface area (TPSA) is 60.9 Å². The molecule has 2 fully saturated rings. The Kier molecular flexibility index (Phi) is 3.24. The van der Waals surface area contributed by atoms with E-state index in [0.29, 0.717) is 19.1 Å². The molecule has 1 saturated carbocycles. The van der Waals surface area contributed by atoms with Gasteiger partial charge in [-0.3, -0.25) is 4.90 Å². The van der Waals surface area contributed by atoms with Crippen LogP contribution in [0.1, 0.15) is 12.8 Å². The molecule has 0 bridgehead atoms. The molecule has 104 valence electrons. The maximum absolute atomic E-state index is 12.4. The van der Waals surface area contributed by atoms with Crippen LogP contribution >= 0.6 is 0 Å². The van der Waals surface area contributed by atoms with E-state index in [1.807, 2.05) is 0 Å². The van der Waals surface area contributed by atoms with Gasteiger partial charge in [0.1, 0.15) is 10.6 Å². The Balaban J connectivity index is 1.76. The quantitative estimate of drug-likeness (QED) is 0.893. The highest BCUT2D eigenvalue weighted by molar-refractivity contribution is 7.89. The Morgan fingerprint density at radius 2 is 1.68 bits per heavy atom. The summed E-state index contributed by atoms with van der Waals surface area (Å²) in [5.41, 5.74) is 0. The summed E-state index contributed by atoms with van der Waals surface area (Å²) < 4.78 is 26.4. The number of sulfonamides is 1. The molecule has 1 aliphatic carbocycles. The van der Waals surface area contributed by atoms with Crippen molar-refractivity contribution in [3.63, 3.8) is 0 Å². The zero-order chi connectivity index (χ0) is 13.5. The average Bonchev–Trinajstić information content (AvgIpc) is 3.23. The van der Waals surface area contributed by atoms with E-state index in [1.165, 1.54) is 29.3 Å². The van der Waals surface area contributed by atoms with Gasteiger partial charge in [-0.2, -0.15) is 4.31 Å². The fraction of sp³-hybridized carbons (Fsp3) is 0.538. The maximum atomic E-state index is 12.4. The van der Waals surface area contributed by atoms with E-state index < -0.39 is 10.0 Å². The predicted molar refractivity (Wildman–Crippen MR) is 71.5 cm³/mol. The van der Waals surface area contributed by atoms with Gasteiger partial charge in [0, 0.05) is 32.2 Å². The van der Waals surface area contributed by atoms with Gasteiger partial charge >= 0.3 is 0 Å². The number of phenolic OH excluding ortho intramolecular Hbond substituents is 1. The Labute approximate surface area is 113 Å². The Morgan fingerprint density at radius 3 is 2.26 bits per heavy atom. The largest absolute Gasteiger partial charge is 0.507 e. The molecule has 6 heteroatoms. The monoisotopic (exact) mass is 282 g/mol. The standard InChI is InChI=1S/C13H18N2O3S/c16-12-3-1-2-4-13(12)19(17,18)15-9-7-14(8-10-15)11-5-6-11/h1-4,11,16H,5-10H2. The zero-order valence-corrected chi connectivity index (χ0v) is 11.5. The molecule has 5 nitrogen and oxygen atoms in total. The van der Waals surface area contributed by atoms with Gasteiger partial charge in [-0.1, -0.05) is 12.1 Å². The first kappa shape index (κ1) is 12.9. The number of phenols is 1. The summed E-state index contributed by atoms with van der Waals surface area (Å²) in [7, 11) is -3.56. The molecule has 0 amide bonds. The normalized spacial score (nSPS) is 22.5. The minimum atomic E-state index is -3.56. The number of rotatable bonds is 3. The predicted octanol–water partition coefficient (Wildman–Crippen LogP) is 0.861. The molecule has 1 N–H and O–H groups in total. The van der Waals surface area contributed by atoms with Crippen LogP contribution in [0.5, 0.6) is 5.75 Å². The summed E-state index contributed by atoms with van der Waals surface area (Å²) in [5, 5.41) is 9.71. The molecule has 3 rings (SSSR count). The molecule has 0 atom stereocenters. The van der Waals surface area contributed by atoms with Crippen molar-refractivity contribution in [2.24, 2.45) is 0 Å². The first-order valence-electron chi connectivity index (χ1n) is 6.61. The highest BCUT2D eigenvalue weighted by Gasteiger charge is 2.35. The van der Waals surface area contributed by atoms with Crippen LogP contribution in [-0.4, -0.2) is 55.0 Å². The molecule has 0 spiro atoms. The maximum Gasteiger partial charge on any atom is 0.246 e. The van der Waals surface area contributed by atoms with Crippen molar-refractivity contribution < 1.29 is 13.5 Å². The van der Waals surface area contributed by atoms with E-state index in [1.54, 1.807) is 12.1 Å². The van der Waals surface area contributed by atoms with E-state index in [9.17, 15) is 13.5 Å². The second-order valence-electron chi connectivity index (χ2n) is 5.14. The molecular formula is C13H18N2O3S. The van der Waals surface area contributed by atoms with Gasteiger partial charge in [0.05, 0.1) is 0 Å². The van der Waals surface area contributed by atoms with Crippen molar-refractivity contribution >= 4 is 10.0 Å². The smallest absolute Gasteiger partial charge is 0.246 e. The number of benzene rings is 1. The summed E-state index contributed by atoms with van der Waals surface area (Å²) >= 11 is 0. The van der Waals surface area contributed by atoms with Crippen LogP contribution in [0.3, 0.4) is 0 Å². The van der Waals surface area contributed by atoms with Crippen molar-refractivity contribution in [3.8, 4) is 5.75 Å². The molecule has 1 aromatic carbocycles. The first-order chi connectivity index (χ1) is 9.09. The van der Waals surface area contributed by atoms with Gasteiger partial charge in [-0.15, -0.1) is 0 Å². The second-order valence-corrected chi connectivity index (χ2v) is 7.05. The van der Waals surface area contributed by atoms with E-state index in [2.05, 4.69) is 4.90 Å².